The molecule has 1 aliphatic heterocycles. The van der Waals surface area contributed by atoms with Gasteiger partial charge < -0.3 is 5.32 Å². The largest absolute Gasteiger partial charge is 0.370 e. The van der Waals surface area contributed by atoms with Crippen molar-refractivity contribution in [2.75, 3.05) is 18.4 Å². The van der Waals surface area contributed by atoms with E-state index < -0.39 is 0 Å². The minimum absolute atomic E-state index is 0.678. The van der Waals surface area contributed by atoms with Crippen LogP contribution in [0.15, 0.2) is 12.1 Å². The van der Waals surface area contributed by atoms with Gasteiger partial charge in [-0.25, -0.2) is 4.98 Å². The fourth-order valence-corrected chi connectivity index (χ4v) is 3.21. The van der Waals surface area contributed by atoms with Crippen LogP contribution in [0.5, 0.6) is 0 Å². The van der Waals surface area contributed by atoms with Gasteiger partial charge in [-0.05, 0) is 44.4 Å². The molecule has 118 valence electrons. The Morgan fingerprint density at radius 1 is 1.29 bits per heavy atom. The summed E-state index contributed by atoms with van der Waals surface area (Å²) in [7, 11) is 0. The van der Waals surface area contributed by atoms with E-state index in [2.05, 4.69) is 24.1 Å². The lowest BCUT2D eigenvalue weighted by Crippen LogP contribution is -2.34. The van der Waals surface area contributed by atoms with E-state index in [4.69, 9.17) is 16.6 Å². The van der Waals surface area contributed by atoms with Gasteiger partial charge in [0.15, 0.2) is 0 Å². The SMILES string of the molecule is CCCNc1ccc(Cl)c(CN2CCCCCC2CC)n1. The molecule has 0 saturated carbocycles. The maximum Gasteiger partial charge on any atom is 0.126 e. The third-order valence-electron chi connectivity index (χ3n) is 4.30. The standard InChI is InChI=1S/C17H28ClN3/c1-3-11-19-17-10-9-15(18)16(20-17)13-21-12-7-5-6-8-14(21)4-2/h9-10,14H,3-8,11-13H2,1-2H3,(H,19,20). The van der Waals surface area contributed by atoms with Crippen LogP contribution in [0.3, 0.4) is 0 Å². The van der Waals surface area contributed by atoms with E-state index in [-0.39, 0.29) is 0 Å². The Morgan fingerprint density at radius 2 is 2.14 bits per heavy atom. The van der Waals surface area contributed by atoms with Gasteiger partial charge in [-0.3, -0.25) is 4.90 Å². The molecule has 0 radical (unpaired) electrons. The van der Waals surface area contributed by atoms with Crippen molar-refractivity contribution >= 4 is 17.4 Å². The summed E-state index contributed by atoms with van der Waals surface area (Å²) in [6, 6.07) is 4.62. The number of nitrogens with one attached hydrogen (secondary N) is 1. The number of halogens is 1. The van der Waals surface area contributed by atoms with Gasteiger partial charge >= 0.3 is 0 Å². The number of hydrogen-bond acceptors (Lipinski definition) is 3. The van der Waals surface area contributed by atoms with E-state index in [0.29, 0.717) is 6.04 Å². The van der Waals surface area contributed by atoms with Gasteiger partial charge in [0.2, 0.25) is 0 Å². The molecule has 2 rings (SSSR count). The maximum atomic E-state index is 6.36. The van der Waals surface area contributed by atoms with Crippen LogP contribution < -0.4 is 5.32 Å². The minimum atomic E-state index is 0.678. The molecule has 0 bridgehead atoms. The van der Waals surface area contributed by atoms with Crippen LogP contribution in [0.1, 0.15) is 58.1 Å². The normalized spacial score (nSPS) is 20.2. The van der Waals surface area contributed by atoms with Crippen molar-refractivity contribution in [3.8, 4) is 0 Å². The smallest absolute Gasteiger partial charge is 0.126 e. The molecule has 0 spiro atoms. The zero-order valence-corrected chi connectivity index (χ0v) is 14.1. The van der Waals surface area contributed by atoms with Gasteiger partial charge in [0.05, 0.1) is 10.7 Å². The fraction of sp³-hybridized carbons (Fsp3) is 0.706. The minimum Gasteiger partial charge on any atom is -0.370 e. The lowest BCUT2D eigenvalue weighted by molar-refractivity contribution is 0.184. The molecule has 2 heterocycles. The molecule has 1 atom stereocenters. The van der Waals surface area contributed by atoms with Crippen LogP contribution >= 0.6 is 11.6 Å². The highest BCUT2D eigenvalue weighted by Gasteiger charge is 2.20. The molecule has 1 aromatic heterocycles. The average Bonchev–Trinajstić information content (AvgIpc) is 2.73. The quantitative estimate of drug-likeness (QED) is 0.824. The van der Waals surface area contributed by atoms with Crippen LogP contribution in [0, 0.1) is 0 Å². The van der Waals surface area contributed by atoms with Crippen molar-refractivity contribution in [2.24, 2.45) is 0 Å². The first-order valence-electron chi connectivity index (χ1n) is 8.38. The molecule has 3 nitrogen and oxygen atoms in total. The highest BCUT2D eigenvalue weighted by atomic mass is 35.5. The summed E-state index contributed by atoms with van der Waals surface area (Å²) in [5, 5.41) is 4.14. The summed E-state index contributed by atoms with van der Waals surface area (Å²) in [6.45, 7) is 7.45. The van der Waals surface area contributed by atoms with Gasteiger partial charge in [-0.2, -0.15) is 0 Å². The summed E-state index contributed by atoms with van der Waals surface area (Å²) in [4.78, 5) is 7.29. The molecular formula is C17H28ClN3. The highest BCUT2D eigenvalue weighted by Crippen LogP contribution is 2.24. The van der Waals surface area contributed by atoms with Crippen LogP contribution in [0.4, 0.5) is 5.82 Å². The number of nitrogens with zero attached hydrogens (tertiary/aromatic N) is 2. The Morgan fingerprint density at radius 3 is 2.90 bits per heavy atom. The van der Waals surface area contributed by atoms with Crippen molar-refractivity contribution in [3.05, 3.63) is 22.8 Å². The lowest BCUT2D eigenvalue weighted by atomic mass is 10.1. The van der Waals surface area contributed by atoms with Gasteiger partial charge in [-0.15, -0.1) is 0 Å². The lowest BCUT2D eigenvalue weighted by Gasteiger charge is -2.29. The number of pyridine rings is 1. The molecule has 1 aromatic rings. The summed E-state index contributed by atoms with van der Waals surface area (Å²) >= 11 is 6.36. The second-order valence-electron chi connectivity index (χ2n) is 5.93. The number of likely N-dealkylation sites (tertiary alicyclic amines) is 1. The average molecular weight is 310 g/mol. The molecule has 4 heteroatoms. The molecule has 21 heavy (non-hydrogen) atoms. The van der Waals surface area contributed by atoms with Crippen molar-refractivity contribution in [2.45, 2.75) is 65.0 Å². The fourth-order valence-electron chi connectivity index (χ4n) is 3.05. The highest BCUT2D eigenvalue weighted by molar-refractivity contribution is 6.31. The predicted molar refractivity (Wildman–Crippen MR) is 91.0 cm³/mol. The first kappa shape index (κ1) is 16.6. The van der Waals surface area contributed by atoms with Crippen molar-refractivity contribution in [1.29, 1.82) is 0 Å². The molecule has 1 N–H and O–H groups in total. The Hall–Kier alpha value is -0.800. The van der Waals surface area contributed by atoms with Crippen LogP contribution in [-0.2, 0) is 6.54 Å². The zero-order chi connectivity index (χ0) is 15.1. The summed E-state index contributed by atoms with van der Waals surface area (Å²) in [6.07, 6.45) is 7.62. The van der Waals surface area contributed by atoms with Gasteiger partial charge in [0, 0.05) is 19.1 Å². The predicted octanol–water partition coefficient (Wildman–Crippen LogP) is 4.71. The summed E-state index contributed by atoms with van der Waals surface area (Å²) in [5.41, 5.74) is 1.01. The third-order valence-corrected chi connectivity index (χ3v) is 4.64. The molecular weight excluding hydrogens is 282 g/mol. The Bertz CT molecular complexity index is 436. The van der Waals surface area contributed by atoms with Crippen molar-refractivity contribution in [3.63, 3.8) is 0 Å². The van der Waals surface area contributed by atoms with E-state index in [1.807, 2.05) is 12.1 Å². The van der Waals surface area contributed by atoms with E-state index in [1.165, 1.54) is 38.6 Å². The maximum absolute atomic E-state index is 6.36. The molecule has 1 unspecified atom stereocenters. The van der Waals surface area contributed by atoms with Gasteiger partial charge in [0.25, 0.3) is 0 Å². The number of aromatic nitrogens is 1. The molecule has 1 fully saturated rings. The Labute approximate surface area is 134 Å². The van der Waals surface area contributed by atoms with Gasteiger partial charge in [-0.1, -0.05) is 38.3 Å². The van der Waals surface area contributed by atoms with E-state index in [9.17, 15) is 0 Å². The van der Waals surface area contributed by atoms with Crippen LogP contribution in [0.2, 0.25) is 5.02 Å². The number of hydrogen-bond donors (Lipinski definition) is 1. The van der Waals surface area contributed by atoms with E-state index in [0.717, 1.165) is 36.0 Å². The second kappa shape index (κ2) is 8.60. The zero-order valence-electron chi connectivity index (χ0n) is 13.4. The summed E-state index contributed by atoms with van der Waals surface area (Å²) < 4.78 is 0. The van der Waals surface area contributed by atoms with Crippen molar-refractivity contribution in [1.82, 2.24) is 9.88 Å². The van der Waals surface area contributed by atoms with Crippen LogP contribution in [0.25, 0.3) is 0 Å². The van der Waals surface area contributed by atoms with E-state index in [1.54, 1.807) is 0 Å². The molecule has 0 aliphatic carbocycles. The Balaban J connectivity index is 2.08. The second-order valence-corrected chi connectivity index (χ2v) is 6.34. The molecule has 0 amide bonds. The van der Waals surface area contributed by atoms with E-state index >= 15 is 0 Å². The monoisotopic (exact) mass is 309 g/mol. The number of rotatable bonds is 6. The molecule has 0 aromatic carbocycles. The third kappa shape index (κ3) is 4.86. The molecule has 1 saturated heterocycles. The first-order chi connectivity index (χ1) is 10.2. The summed E-state index contributed by atoms with van der Waals surface area (Å²) in [5.74, 6) is 0.944. The topological polar surface area (TPSA) is 28.2 Å². The number of anilines is 1. The van der Waals surface area contributed by atoms with Crippen molar-refractivity contribution < 1.29 is 0 Å². The molecule has 1 aliphatic rings. The van der Waals surface area contributed by atoms with Gasteiger partial charge in [0.1, 0.15) is 5.82 Å². The first-order valence-corrected chi connectivity index (χ1v) is 8.75. The Kier molecular flexibility index (Phi) is 6.78. The van der Waals surface area contributed by atoms with Crippen LogP contribution in [-0.4, -0.2) is 29.0 Å².